The third-order valence-corrected chi connectivity index (χ3v) is 7.23. The maximum Gasteiger partial charge on any atom is 0.294 e. The summed E-state index contributed by atoms with van der Waals surface area (Å²) in [7, 11) is 0. The molecule has 0 unspecified atom stereocenters. The molecule has 0 spiro atoms. The second kappa shape index (κ2) is 11.3. The molecular formula is C29H20Cl2N2O4S. The number of carbonyl (C=O) groups is 3. The van der Waals surface area contributed by atoms with Crippen molar-refractivity contribution in [2.45, 2.75) is 6.61 Å². The zero-order chi connectivity index (χ0) is 26.6. The number of rotatable bonds is 7. The molecule has 1 N–H and O–H groups in total. The van der Waals surface area contributed by atoms with Gasteiger partial charge in [-0.2, -0.15) is 0 Å². The quantitative estimate of drug-likeness (QED) is 0.237. The van der Waals surface area contributed by atoms with E-state index in [1.807, 2.05) is 48.5 Å². The number of imide groups is 1. The number of nitrogens with one attached hydrogen (secondary N) is 1. The topological polar surface area (TPSA) is 75.7 Å². The number of thioether (sulfide) groups is 1. The molecule has 0 aromatic heterocycles. The fraction of sp³-hybridized carbons (Fsp3) is 0.0690. The molecule has 4 aromatic rings. The minimum atomic E-state index is -0.539. The third kappa shape index (κ3) is 5.86. The van der Waals surface area contributed by atoms with Gasteiger partial charge in [-0.25, -0.2) is 0 Å². The number of amides is 3. The largest absolute Gasteiger partial charge is 0.488 e. The molecule has 9 heteroatoms. The van der Waals surface area contributed by atoms with E-state index in [0.717, 1.165) is 33.0 Å². The highest BCUT2D eigenvalue weighted by atomic mass is 35.5. The number of hydrogen-bond donors (Lipinski definition) is 1. The molecule has 0 radical (unpaired) electrons. The van der Waals surface area contributed by atoms with Crippen LogP contribution in [0.1, 0.15) is 11.1 Å². The van der Waals surface area contributed by atoms with E-state index in [1.165, 1.54) is 0 Å². The lowest BCUT2D eigenvalue weighted by Gasteiger charge is -2.13. The van der Waals surface area contributed by atoms with Crippen molar-refractivity contribution in [1.29, 1.82) is 0 Å². The van der Waals surface area contributed by atoms with Crippen LogP contribution in [0.3, 0.4) is 0 Å². The number of fused-ring (bicyclic) bond motifs is 1. The van der Waals surface area contributed by atoms with Crippen LogP contribution in [0.2, 0.25) is 10.0 Å². The zero-order valence-electron chi connectivity index (χ0n) is 19.8. The highest BCUT2D eigenvalue weighted by Gasteiger charge is 2.36. The van der Waals surface area contributed by atoms with Crippen LogP contribution >= 0.6 is 35.0 Å². The van der Waals surface area contributed by atoms with Crippen molar-refractivity contribution in [3.63, 3.8) is 0 Å². The maximum absolute atomic E-state index is 13.2. The maximum atomic E-state index is 13.2. The van der Waals surface area contributed by atoms with Crippen LogP contribution < -0.4 is 10.1 Å². The summed E-state index contributed by atoms with van der Waals surface area (Å²) in [5.41, 5.74) is 2.12. The average molecular weight is 563 g/mol. The standard InChI is InChI=1S/C29H20Cl2N2O4S/c30-20-8-5-18(6-9-20)17-37-25-14-7-19-3-1-2-4-23(19)24(25)15-26-28(35)33(29(36)38-26)16-27(34)32-22-12-10-21(31)11-13-22/h1-15H,16-17H2,(H,32,34)/b26-15+. The fourth-order valence-corrected chi connectivity index (χ4v) is 5.01. The summed E-state index contributed by atoms with van der Waals surface area (Å²) >= 11 is 12.7. The number of carbonyl (C=O) groups excluding carboxylic acids is 3. The van der Waals surface area contributed by atoms with E-state index in [2.05, 4.69) is 5.32 Å². The summed E-state index contributed by atoms with van der Waals surface area (Å²) in [4.78, 5) is 39.5. The number of halogens is 2. The number of hydrogen-bond acceptors (Lipinski definition) is 5. The second-order valence-electron chi connectivity index (χ2n) is 8.44. The number of benzene rings is 4. The number of nitrogens with zero attached hydrogens (tertiary/aromatic N) is 1. The first-order valence-corrected chi connectivity index (χ1v) is 13.1. The van der Waals surface area contributed by atoms with E-state index in [1.54, 1.807) is 42.5 Å². The zero-order valence-corrected chi connectivity index (χ0v) is 22.1. The van der Waals surface area contributed by atoms with E-state index < -0.39 is 23.6 Å². The van der Waals surface area contributed by atoms with Gasteiger partial charge in [0.2, 0.25) is 5.91 Å². The smallest absolute Gasteiger partial charge is 0.294 e. The molecule has 0 bridgehead atoms. The Kier molecular flexibility index (Phi) is 7.69. The van der Waals surface area contributed by atoms with Crippen molar-refractivity contribution in [1.82, 2.24) is 4.90 Å². The Morgan fingerprint density at radius 1 is 0.895 bits per heavy atom. The van der Waals surface area contributed by atoms with Crippen molar-refractivity contribution < 1.29 is 19.1 Å². The summed E-state index contributed by atoms with van der Waals surface area (Å²) in [5.74, 6) is -0.471. The van der Waals surface area contributed by atoms with Crippen LogP contribution in [0.15, 0.2) is 89.8 Å². The molecule has 3 amide bonds. The Morgan fingerprint density at radius 2 is 1.58 bits per heavy atom. The first kappa shape index (κ1) is 25.9. The van der Waals surface area contributed by atoms with Crippen molar-refractivity contribution in [2.75, 3.05) is 11.9 Å². The molecule has 1 aliphatic rings. The van der Waals surface area contributed by atoms with Gasteiger partial charge in [0, 0.05) is 21.3 Å². The summed E-state index contributed by atoms with van der Waals surface area (Å²) in [6.07, 6.45) is 1.65. The van der Waals surface area contributed by atoms with E-state index in [-0.39, 0.29) is 4.91 Å². The molecule has 1 fully saturated rings. The Balaban J connectivity index is 1.39. The molecule has 1 heterocycles. The minimum absolute atomic E-state index is 0.210. The molecule has 38 heavy (non-hydrogen) atoms. The monoisotopic (exact) mass is 562 g/mol. The third-order valence-electron chi connectivity index (χ3n) is 5.82. The van der Waals surface area contributed by atoms with Crippen LogP contribution in [0, 0.1) is 0 Å². The predicted octanol–water partition coefficient (Wildman–Crippen LogP) is 7.40. The molecule has 0 atom stereocenters. The van der Waals surface area contributed by atoms with E-state index in [9.17, 15) is 14.4 Å². The normalized spacial score (nSPS) is 14.4. The summed E-state index contributed by atoms with van der Waals surface area (Å²) in [6.45, 7) is -0.108. The minimum Gasteiger partial charge on any atom is -0.488 e. The second-order valence-corrected chi connectivity index (χ2v) is 10.3. The molecule has 6 nitrogen and oxygen atoms in total. The molecule has 190 valence electrons. The van der Waals surface area contributed by atoms with Crippen molar-refractivity contribution >= 4 is 74.6 Å². The van der Waals surface area contributed by atoms with Gasteiger partial charge in [0.05, 0.1) is 4.91 Å². The first-order chi connectivity index (χ1) is 18.4. The van der Waals surface area contributed by atoms with Crippen LogP contribution in [0.25, 0.3) is 16.8 Å². The van der Waals surface area contributed by atoms with Gasteiger partial charge in [0.1, 0.15) is 18.9 Å². The number of anilines is 1. The molecule has 1 aliphatic heterocycles. The van der Waals surface area contributed by atoms with Gasteiger partial charge in [-0.15, -0.1) is 0 Å². The van der Waals surface area contributed by atoms with Crippen LogP contribution in [0.5, 0.6) is 5.75 Å². The van der Waals surface area contributed by atoms with E-state index in [4.69, 9.17) is 27.9 Å². The first-order valence-electron chi connectivity index (χ1n) is 11.6. The van der Waals surface area contributed by atoms with Gasteiger partial charge in [0.15, 0.2) is 0 Å². The van der Waals surface area contributed by atoms with Gasteiger partial charge >= 0.3 is 0 Å². The Morgan fingerprint density at radius 3 is 2.32 bits per heavy atom. The SMILES string of the molecule is O=C(CN1C(=O)S/C(=C/c2c(OCc3ccc(Cl)cc3)ccc3ccccc23)C1=O)Nc1ccc(Cl)cc1. The Labute approximate surface area is 233 Å². The lowest BCUT2D eigenvalue weighted by atomic mass is 10.0. The highest BCUT2D eigenvalue weighted by molar-refractivity contribution is 8.18. The van der Waals surface area contributed by atoms with Crippen molar-refractivity contribution in [3.8, 4) is 5.75 Å². The molecule has 1 saturated heterocycles. The predicted molar refractivity (Wildman–Crippen MR) is 152 cm³/mol. The number of ether oxygens (including phenoxy) is 1. The highest BCUT2D eigenvalue weighted by Crippen LogP contribution is 2.37. The molecular weight excluding hydrogens is 543 g/mol. The Bertz CT molecular complexity index is 1570. The summed E-state index contributed by atoms with van der Waals surface area (Å²) in [5, 5.41) is 5.15. The Hall–Kier alpha value is -3.78. The van der Waals surface area contributed by atoms with Gasteiger partial charge in [-0.1, -0.05) is 65.7 Å². The van der Waals surface area contributed by atoms with Gasteiger partial charge < -0.3 is 10.1 Å². The van der Waals surface area contributed by atoms with Crippen molar-refractivity contribution in [3.05, 3.63) is 111 Å². The van der Waals surface area contributed by atoms with Gasteiger partial charge in [-0.05, 0) is 76.6 Å². The fourth-order valence-electron chi connectivity index (χ4n) is 3.94. The summed E-state index contributed by atoms with van der Waals surface area (Å²) in [6, 6.07) is 25.4. The van der Waals surface area contributed by atoms with Gasteiger partial charge in [-0.3, -0.25) is 19.3 Å². The lowest BCUT2D eigenvalue weighted by molar-refractivity contribution is -0.127. The van der Waals surface area contributed by atoms with Crippen LogP contribution in [-0.2, 0) is 16.2 Å². The average Bonchev–Trinajstić information content (AvgIpc) is 3.17. The van der Waals surface area contributed by atoms with Crippen LogP contribution in [-0.4, -0.2) is 28.5 Å². The molecule has 0 saturated carbocycles. The van der Waals surface area contributed by atoms with E-state index in [0.29, 0.717) is 33.7 Å². The molecule has 0 aliphatic carbocycles. The van der Waals surface area contributed by atoms with Crippen LogP contribution in [0.4, 0.5) is 10.5 Å². The van der Waals surface area contributed by atoms with Gasteiger partial charge in [0.25, 0.3) is 11.1 Å². The van der Waals surface area contributed by atoms with Crippen molar-refractivity contribution in [2.24, 2.45) is 0 Å². The molecule has 4 aromatic carbocycles. The molecule has 5 rings (SSSR count). The summed E-state index contributed by atoms with van der Waals surface area (Å²) < 4.78 is 6.13. The lowest BCUT2D eigenvalue weighted by Crippen LogP contribution is -2.36. The van der Waals surface area contributed by atoms with E-state index >= 15 is 0 Å².